The van der Waals surface area contributed by atoms with E-state index in [0.717, 1.165) is 47.1 Å². The van der Waals surface area contributed by atoms with Crippen molar-refractivity contribution in [3.8, 4) is 0 Å². The van der Waals surface area contributed by atoms with E-state index in [2.05, 4.69) is 41.5 Å². The maximum absolute atomic E-state index is 2.57. The van der Waals surface area contributed by atoms with Gasteiger partial charge in [-0.25, -0.2) is 0 Å². The Morgan fingerprint density at radius 1 is 0.667 bits per heavy atom. The van der Waals surface area contributed by atoms with Gasteiger partial charge in [-0.15, -0.1) is 0 Å². The number of hydrogen-bond donors (Lipinski definition) is 0. The van der Waals surface area contributed by atoms with Crippen LogP contribution in [0.5, 0.6) is 0 Å². The molecule has 0 saturated heterocycles. The number of fused-ring (bicyclic) bond motifs is 2. The lowest BCUT2D eigenvalue weighted by Crippen LogP contribution is -2.29. The van der Waals surface area contributed by atoms with Crippen LogP contribution in [0.15, 0.2) is 0 Å². The van der Waals surface area contributed by atoms with Crippen molar-refractivity contribution in [1.82, 2.24) is 0 Å². The Kier molecular flexibility index (Phi) is 3.02. The third-order valence-corrected chi connectivity index (χ3v) is 9.07. The second-order valence-electron chi connectivity index (χ2n) is 10.6. The summed E-state index contributed by atoms with van der Waals surface area (Å²) >= 11 is 0. The molecule has 0 N–H and O–H groups in total. The lowest BCUT2D eigenvalue weighted by molar-refractivity contribution is 0.334. The highest BCUT2D eigenvalue weighted by Crippen LogP contribution is 2.74. The standard InChI is InChI=1S/C20H35B/c1-11-7-9-13-15(19(13,3)4)17(11)21-18-12(2)8-10-14-16(18)20(14,5)6/h11-18,21H,7-10H2,1-6H3/t11-,12-,13+,14+,15+,16+,17+,18+/m0/s1. The Morgan fingerprint density at radius 2 is 1.05 bits per heavy atom. The van der Waals surface area contributed by atoms with Gasteiger partial charge in [0.25, 0.3) is 0 Å². The molecule has 4 saturated carbocycles. The molecule has 118 valence electrons. The van der Waals surface area contributed by atoms with Gasteiger partial charge in [0.05, 0.1) is 0 Å². The quantitative estimate of drug-likeness (QED) is 0.596. The van der Waals surface area contributed by atoms with Crippen LogP contribution in [-0.2, 0) is 0 Å². The molecule has 0 nitrogen and oxygen atoms in total. The summed E-state index contributed by atoms with van der Waals surface area (Å²) in [7, 11) is 1.57. The Bertz CT molecular complexity index is 397. The molecule has 0 aromatic heterocycles. The molecule has 4 rings (SSSR count). The van der Waals surface area contributed by atoms with Crippen LogP contribution >= 0.6 is 0 Å². The normalized spacial score (nSPS) is 56.1. The average Bonchev–Trinajstić information content (AvgIpc) is 3.17. The zero-order valence-electron chi connectivity index (χ0n) is 15.2. The van der Waals surface area contributed by atoms with E-state index in [4.69, 9.17) is 0 Å². The minimum Gasteiger partial charge on any atom is -0.0629 e. The fraction of sp³-hybridized carbons (Fsp3) is 1.00. The monoisotopic (exact) mass is 286 g/mol. The van der Waals surface area contributed by atoms with Crippen molar-refractivity contribution in [2.75, 3.05) is 0 Å². The molecule has 0 radical (unpaired) electrons. The molecule has 8 atom stereocenters. The van der Waals surface area contributed by atoms with Crippen molar-refractivity contribution in [1.29, 1.82) is 0 Å². The summed E-state index contributed by atoms with van der Waals surface area (Å²) in [5.41, 5.74) is 1.34. The summed E-state index contributed by atoms with van der Waals surface area (Å²) in [5, 5.41) is 0. The summed E-state index contributed by atoms with van der Waals surface area (Å²) in [4.78, 5) is 0. The predicted molar refractivity (Wildman–Crippen MR) is 93.0 cm³/mol. The van der Waals surface area contributed by atoms with Crippen molar-refractivity contribution >= 4 is 7.28 Å². The van der Waals surface area contributed by atoms with Gasteiger partial charge in [-0.1, -0.05) is 66.0 Å². The van der Waals surface area contributed by atoms with Gasteiger partial charge in [0, 0.05) is 0 Å². The maximum atomic E-state index is 2.57. The molecule has 0 unspecified atom stereocenters. The summed E-state index contributed by atoms with van der Waals surface area (Å²) in [5.74, 6) is 8.33. The van der Waals surface area contributed by atoms with Crippen molar-refractivity contribution in [3.63, 3.8) is 0 Å². The third-order valence-electron chi connectivity index (χ3n) is 9.07. The molecule has 0 bridgehead atoms. The van der Waals surface area contributed by atoms with Crippen molar-refractivity contribution in [2.24, 2.45) is 46.3 Å². The highest BCUT2D eigenvalue weighted by Gasteiger charge is 2.66. The molecule has 0 aromatic rings. The van der Waals surface area contributed by atoms with E-state index in [1.165, 1.54) is 25.7 Å². The van der Waals surface area contributed by atoms with Gasteiger partial charge in [-0.05, 0) is 59.2 Å². The van der Waals surface area contributed by atoms with E-state index in [1.807, 2.05) is 0 Å². The Labute approximate surface area is 133 Å². The molecule has 4 fully saturated rings. The summed E-state index contributed by atoms with van der Waals surface area (Å²) < 4.78 is 0. The van der Waals surface area contributed by atoms with Crippen LogP contribution in [0.3, 0.4) is 0 Å². The SMILES string of the molecule is C[C@H]1CC[C@@H]2[C@H]([C@@H]1B[C@H]1[C@H]3[C@@H](CC[C@@H]1C)C3(C)C)C2(C)C. The van der Waals surface area contributed by atoms with E-state index in [0.29, 0.717) is 10.8 Å². The molecule has 0 aromatic carbocycles. The molecule has 0 heterocycles. The smallest absolute Gasteiger partial charge is 0.0629 e. The van der Waals surface area contributed by atoms with E-state index in [-0.39, 0.29) is 0 Å². The molecule has 4 aliphatic carbocycles. The summed E-state index contributed by atoms with van der Waals surface area (Å²) in [6.45, 7) is 15.4. The minimum atomic E-state index is 0.672. The molecule has 1 heteroatoms. The first-order chi connectivity index (χ1) is 9.76. The topological polar surface area (TPSA) is 0 Å². The highest BCUT2D eigenvalue weighted by molar-refractivity contribution is 6.40. The molecular formula is C20H35B. The van der Waals surface area contributed by atoms with Gasteiger partial charge in [-0.2, -0.15) is 0 Å². The molecule has 4 aliphatic rings. The van der Waals surface area contributed by atoms with Gasteiger partial charge in [0.2, 0.25) is 0 Å². The second-order valence-corrected chi connectivity index (χ2v) is 10.6. The van der Waals surface area contributed by atoms with Crippen LogP contribution in [0, 0.1) is 46.3 Å². The number of rotatable bonds is 2. The molecule has 0 amide bonds. The molecular weight excluding hydrogens is 251 g/mol. The van der Waals surface area contributed by atoms with Crippen LogP contribution in [0.25, 0.3) is 0 Å². The van der Waals surface area contributed by atoms with Crippen LogP contribution in [-0.4, -0.2) is 7.28 Å². The first kappa shape index (κ1) is 14.6. The molecule has 21 heavy (non-hydrogen) atoms. The lowest BCUT2D eigenvalue weighted by atomic mass is 9.43. The van der Waals surface area contributed by atoms with Gasteiger partial charge >= 0.3 is 0 Å². The number of hydrogen-bond acceptors (Lipinski definition) is 0. The summed E-state index contributed by atoms with van der Waals surface area (Å²) in [6.07, 6.45) is 6.06. The largest absolute Gasteiger partial charge is 0.129 e. The van der Waals surface area contributed by atoms with E-state index in [9.17, 15) is 0 Å². The highest BCUT2D eigenvalue weighted by atomic mass is 14.7. The van der Waals surface area contributed by atoms with E-state index < -0.39 is 0 Å². The third kappa shape index (κ3) is 1.94. The van der Waals surface area contributed by atoms with Crippen LogP contribution in [0.4, 0.5) is 0 Å². The second kappa shape index (κ2) is 4.32. The van der Waals surface area contributed by atoms with Gasteiger partial charge in [0.15, 0.2) is 0 Å². The molecule has 0 spiro atoms. The minimum absolute atomic E-state index is 0.672. The van der Waals surface area contributed by atoms with Crippen LogP contribution < -0.4 is 0 Å². The Hall–Kier alpha value is 0.0649. The van der Waals surface area contributed by atoms with E-state index in [1.54, 1.807) is 7.28 Å². The van der Waals surface area contributed by atoms with E-state index >= 15 is 0 Å². The van der Waals surface area contributed by atoms with Crippen molar-refractivity contribution < 1.29 is 0 Å². The van der Waals surface area contributed by atoms with Crippen LogP contribution in [0.1, 0.15) is 67.2 Å². The van der Waals surface area contributed by atoms with Gasteiger partial charge in [0.1, 0.15) is 7.28 Å². The lowest BCUT2D eigenvalue weighted by Gasteiger charge is -2.36. The maximum Gasteiger partial charge on any atom is 0.129 e. The van der Waals surface area contributed by atoms with Crippen LogP contribution in [0.2, 0.25) is 11.6 Å². The Morgan fingerprint density at radius 3 is 1.43 bits per heavy atom. The first-order valence-corrected chi connectivity index (χ1v) is 9.76. The zero-order chi connectivity index (χ0) is 15.2. The average molecular weight is 286 g/mol. The zero-order valence-corrected chi connectivity index (χ0v) is 15.2. The van der Waals surface area contributed by atoms with Gasteiger partial charge in [-0.3, -0.25) is 0 Å². The summed E-state index contributed by atoms with van der Waals surface area (Å²) in [6, 6.07) is 0. The first-order valence-electron chi connectivity index (χ1n) is 9.76. The molecule has 0 aliphatic heterocycles. The van der Waals surface area contributed by atoms with Crippen molar-refractivity contribution in [2.45, 2.75) is 78.9 Å². The Balaban J connectivity index is 1.52. The van der Waals surface area contributed by atoms with Crippen molar-refractivity contribution in [3.05, 3.63) is 0 Å². The fourth-order valence-corrected chi connectivity index (χ4v) is 7.47. The predicted octanol–water partition coefficient (Wildman–Crippen LogP) is 5.40. The fourth-order valence-electron chi connectivity index (χ4n) is 7.47. The van der Waals surface area contributed by atoms with Gasteiger partial charge < -0.3 is 0 Å².